The number of rotatable bonds is 7. The Morgan fingerprint density at radius 2 is 1.60 bits per heavy atom. The van der Waals surface area contributed by atoms with E-state index in [0.29, 0.717) is 61.8 Å². The average molecular weight is 626 g/mol. The molecular weight excluding hydrogens is 594 g/mol. The van der Waals surface area contributed by atoms with Crippen LogP contribution in [0.3, 0.4) is 0 Å². The van der Waals surface area contributed by atoms with Gasteiger partial charge in [0.15, 0.2) is 0 Å². The van der Waals surface area contributed by atoms with Crippen molar-refractivity contribution < 1.29 is 9.72 Å². The van der Waals surface area contributed by atoms with Gasteiger partial charge in [-0.15, -0.1) is 5.10 Å². The molecule has 0 saturated carbocycles. The fourth-order valence-electron chi connectivity index (χ4n) is 6.62. The number of anilines is 1. The maximum atomic E-state index is 13.9. The van der Waals surface area contributed by atoms with Gasteiger partial charge in [0.1, 0.15) is 5.69 Å². The number of hydrogen-bond acceptors (Lipinski definition) is 7. The largest absolute Gasteiger partial charge is 0.341 e. The van der Waals surface area contributed by atoms with Gasteiger partial charge >= 0.3 is 0 Å². The minimum Gasteiger partial charge on any atom is -0.341 e. The molecule has 1 saturated heterocycles. The van der Waals surface area contributed by atoms with Crippen molar-refractivity contribution in [1.82, 2.24) is 34.4 Å². The lowest BCUT2D eigenvalue weighted by Crippen LogP contribution is -2.36. The van der Waals surface area contributed by atoms with Crippen molar-refractivity contribution in [3.8, 4) is 0 Å². The van der Waals surface area contributed by atoms with E-state index in [1.54, 1.807) is 10.7 Å². The molecular formula is C35H31N9O3. The van der Waals surface area contributed by atoms with Gasteiger partial charge < -0.3 is 19.4 Å². The molecule has 1 aliphatic heterocycles. The molecule has 1 amide bonds. The van der Waals surface area contributed by atoms with Crippen molar-refractivity contribution in [1.29, 1.82) is 0 Å². The number of fused-ring (bicyclic) bond motifs is 4. The number of imidazole rings is 1. The Balaban J connectivity index is 0.977. The first kappa shape index (κ1) is 28.4. The van der Waals surface area contributed by atoms with Crippen molar-refractivity contribution in [2.75, 3.05) is 31.1 Å². The van der Waals surface area contributed by atoms with E-state index in [-0.39, 0.29) is 11.6 Å². The van der Waals surface area contributed by atoms with E-state index >= 15 is 0 Å². The van der Waals surface area contributed by atoms with Gasteiger partial charge in [-0.25, -0.2) is 9.67 Å². The second kappa shape index (κ2) is 11.7. The van der Waals surface area contributed by atoms with Gasteiger partial charge in [-0.3, -0.25) is 14.9 Å². The van der Waals surface area contributed by atoms with Crippen LogP contribution in [-0.2, 0) is 13.1 Å². The van der Waals surface area contributed by atoms with E-state index in [0.717, 1.165) is 28.7 Å². The third-order valence-electron chi connectivity index (χ3n) is 8.91. The van der Waals surface area contributed by atoms with Crippen LogP contribution in [0.25, 0.3) is 32.8 Å². The molecule has 47 heavy (non-hydrogen) atoms. The van der Waals surface area contributed by atoms with Gasteiger partial charge in [-0.05, 0) is 36.2 Å². The lowest BCUT2D eigenvalue weighted by atomic mass is 10.1. The standard InChI is InChI=1S/C35H31N9O3/c45-34(40-16-7-17-41(19-18-40)35-36-30-15-14-26(44(46)47)20-31(30)37-35)27-9-2-1-8-24(27)21-42-22-25(38-39-42)23-43-32-12-5-3-10-28(32)29-11-4-6-13-33(29)43/h1-6,8-15,20,22H,7,16-19,21,23H2,(H,36,37). The fraction of sp³-hybridized carbons (Fsp3) is 0.200. The maximum Gasteiger partial charge on any atom is 0.271 e. The average Bonchev–Trinajstić information content (AvgIpc) is 3.75. The van der Waals surface area contributed by atoms with Gasteiger partial charge in [-0.1, -0.05) is 59.8 Å². The van der Waals surface area contributed by atoms with Gasteiger partial charge in [0, 0.05) is 65.7 Å². The van der Waals surface area contributed by atoms with E-state index in [1.165, 1.54) is 22.9 Å². The second-order valence-electron chi connectivity index (χ2n) is 11.8. The number of non-ortho nitro benzene ring substituents is 1. The Hall–Kier alpha value is -6.04. The number of hydrogen-bond donors (Lipinski definition) is 1. The fourth-order valence-corrected chi connectivity index (χ4v) is 6.62. The first-order chi connectivity index (χ1) is 23.0. The summed E-state index contributed by atoms with van der Waals surface area (Å²) in [6.45, 7) is 3.44. The third-order valence-corrected chi connectivity index (χ3v) is 8.91. The summed E-state index contributed by atoms with van der Waals surface area (Å²) in [5.74, 6) is 0.631. The molecule has 0 bridgehead atoms. The highest BCUT2D eigenvalue weighted by Crippen LogP contribution is 2.29. The SMILES string of the molecule is O=C(c1ccccc1Cn1cc(Cn2c3ccccc3c3ccccc32)nn1)N1CCCN(c2nc3ccc([N+](=O)[O-])cc3[nH]2)CC1. The Kier molecular flexibility index (Phi) is 7.09. The predicted molar refractivity (Wildman–Crippen MR) is 180 cm³/mol. The minimum atomic E-state index is -0.415. The molecule has 0 aliphatic carbocycles. The molecule has 8 rings (SSSR count). The van der Waals surface area contributed by atoms with Crippen LogP contribution in [0.15, 0.2) is 97.2 Å². The second-order valence-corrected chi connectivity index (χ2v) is 11.8. The minimum absolute atomic E-state index is 0.0178. The molecule has 0 radical (unpaired) electrons. The number of benzene rings is 4. The summed E-state index contributed by atoms with van der Waals surface area (Å²) < 4.78 is 4.07. The van der Waals surface area contributed by atoms with E-state index in [1.807, 2.05) is 35.4 Å². The number of H-pyrrole nitrogens is 1. The van der Waals surface area contributed by atoms with Crippen LogP contribution < -0.4 is 4.90 Å². The Morgan fingerprint density at radius 1 is 0.851 bits per heavy atom. The molecule has 12 heteroatoms. The van der Waals surface area contributed by atoms with Gasteiger partial charge in [0.25, 0.3) is 11.6 Å². The summed E-state index contributed by atoms with van der Waals surface area (Å²) in [5.41, 5.74) is 5.98. The highest BCUT2D eigenvalue weighted by Gasteiger charge is 2.24. The number of nitrogens with one attached hydrogen (secondary N) is 1. The Bertz CT molecular complexity index is 2230. The number of aromatic amines is 1. The number of nitro groups is 1. The van der Waals surface area contributed by atoms with Crippen molar-refractivity contribution in [2.24, 2.45) is 0 Å². The number of aromatic nitrogens is 6. The molecule has 3 aromatic heterocycles. The summed E-state index contributed by atoms with van der Waals surface area (Å²) in [4.78, 5) is 36.5. The van der Waals surface area contributed by atoms with Crippen LogP contribution in [0, 0.1) is 10.1 Å². The van der Waals surface area contributed by atoms with Crippen LogP contribution in [0.1, 0.15) is 28.0 Å². The molecule has 7 aromatic rings. The van der Waals surface area contributed by atoms with Crippen LogP contribution >= 0.6 is 0 Å². The lowest BCUT2D eigenvalue weighted by molar-refractivity contribution is -0.384. The Morgan fingerprint density at radius 3 is 2.38 bits per heavy atom. The van der Waals surface area contributed by atoms with Crippen LogP contribution in [-0.4, -0.2) is 71.4 Å². The number of nitro benzene ring substituents is 1. The summed E-state index contributed by atoms with van der Waals surface area (Å²) in [5, 5.41) is 22.5. The number of nitrogens with zero attached hydrogens (tertiary/aromatic N) is 8. The number of carbonyl (C=O) groups is 1. The van der Waals surface area contributed by atoms with Crippen LogP contribution in [0.4, 0.5) is 11.6 Å². The molecule has 1 fully saturated rings. The van der Waals surface area contributed by atoms with E-state index < -0.39 is 4.92 Å². The lowest BCUT2D eigenvalue weighted by Gasteiger charge is -2.23. The van der Waals surface area contributed by atoms with Gasteiger partial charge in [0.2, 0.25) is 5.95 Å². The van der Waals surface area contributed by atoms with Crippen molar-refractivity contribution >= 4 is 50.4 Å². The number of carbonyl (C=O) groups excluding carboxylic acids is 1. The van der Waals surface area contributed by atoms with E-state index in [4.69, 9.17) is 0 Å². The van der Waals surface area contributed by atoms with Crippen molar-refractivity contribution in [2.45, 2.75) is 19.5 Å². The molecule has 0 unspecified atom stereocenters. The topological polar surface area (TPSA) is 131 Å². The summed E-state index contributed by atoms with van der Waals surface area (Å²) in [6, 6.07) is 29.1. The normalized spacial score (nSPS) is 13.9. The van der Waals surface area contributed by atoms with Crippen LogP contribution in [0.2, 0.25) is 0 Å². The number of amides is 1. The van der Waals surface area contributed by atoms with Gasteiger partial charge in [-0.2, -0.15) is 0 Å². The molecule has 4 heterocycles. The molecule has 4 aromatic carbocycles. The first-order valence-corrected chi connectivity index (χ1v) is 15.6. The zero-order chi connectivity index (χ0) is 31.9. The predicted octanol–water partition coefficient (Wildman–Crippen LogP) is 5.62. The molecule has 1 aliphatic rings. The smallest absolute Gasteiger partial charge is 0.271 e. The third kappa shape index (κ3) is 5.33. The summed E-state index contributed by atoms with van der Waals surface area (Å²) >= 11 is 0. The number of para-hydroxylation sites is 2. The Labute approximate surface area is 269 Å². The van der Waals surface area contributed by atoms with Crippen LogP contribution in [0.5, 0.6) is 0 Å². The van der Waals surface area contributed by atoms with E-state index in [2.05, 4.69) is 78.3 Å². The highest BCUT2D eigenvalue weighted by molar-refractivity contribution is 6.08. The first-order valence-electron chi connectivity index (χ1n) is 15.6. The maximum absolute atomic E-state index is 13.9. The van der Waals surface area contributed by atoms with E-state index in [9.17, 15) is 14.9 Å². The summed E-state index contributed by atoms with van der Waals surface area (Å²) in [6.07, 6.45) is 2.72. The molecule has 234 valence electrons. The highest BCUT2D eigenvalue weighted by atomic mass is 16.6. The zero-order valence-electron chi connectivity index (χ0n) is 25.5. The molecule has 0 atom stereocenters. The monoisotopic (exact) mass is 625 g/mol. The quantitative estimate of drug-likeness (QED) is 0.180. The summed E-state index contributed by atoms with van der Waals surface area (Å²) in [7, 11) is 0. The molecule has 0 spiro atoms. The molecule has 1 N–H and O–H groups in total. The zero-order valence-corrected chi connectivity index (χ0v) is 25.5. The van der Waals surface area contributed by atoms with Crippen molar-refractivity contribution in [3.63, 3.8) is 0 Å². The van der Waals surface area contributed by atoms with Crippen molar-refractivity contribution in [3.05, 3.63) is 124 Å². The van der Waals surface area contributed by atoms with Gasteiger partial charge in [0.05, 0.1) is 35.2 Å². The molecule has 12 nitrogen and oxygen atoms in total.